The Morgan fingerprint density at radius 2 is 2.07 bits per heavy atom. The average Bonchev–Trinajstić information content (AvgIpc) is 3.11. The first-order chi connectivity index (χ1) is 7.25. The molecule has 2 aliphatic rings. The highest BCUT2D eigenvalue weighted by Gasteiger charge is 2.37. The lowest BCUT2D eigenvalue weighted by atomic mass is 10.0. The quantitative estimate of drug-likeness (QED) is 0.796. The van der Waals surface area contributed by atoms with Gasteiger partial charge in [0.2, 0.25) is 0 Å². The fourth-order valence-corrected chi connectivity index (χ4v) is 2.22. The third-order valence-electron chi connectivity index (χ3n) is 3.80. The van der Waals surface area contributed by atoms with Gasteiger partial charge in [-0.05, 0) is 55.6 Å². The maximum atomic E-state index is 6.10. The van der Waals surface area contributed by atoms with Gasteiger partial charge in [-0.1, -0.05) is 24.3 Å². The van der Waals surface area contributed by atoms with Crippen molar-refractivity contribution in [1.29, 1.82) is 0 Å². The summed E-state index contributed by atoms with van der Waals surface area (Å²) >= 11 is 0. The molecule has 15 heavy (non-hydrogen) atoms. The fourth-order valence-electron chi connectivity index (χ4n) is 2.22. The van der Waals surface area contributed by atoms with Crippen LogP contribution in [-0.4, -0.2) is 5.54 Å². The molecule has 0 unspecified atom stereocenters. The highest BCUT2D eigenvalue weighted by atomic mass is 14.8. The first-order valence-electron chi connectivity index (χ1n) is 6.13. The van der Waals surface area contributed by atoms with Crippen LogP contribution in [0.25, 0.3) is 0 Å². The summed E-state index contributed by atoms with van der Waals surface area (Å²) in [6.45, 7) is 0. The number of rotatable bonds is 4. The van der Waals surface area contributed by atoms with E-state index < -0.39 is 0 Å². The summed E-state index contributed by atoms with van der Waals surface area (Å²) in [5.41, 5.74) is 9.34. The molecule has 2 fully saturated rings. The highest BCUT2D eigenvalue weighted by Crippen LogP contribution is 2.41. The molecule has 0 aromatic heterocycles. The molecular weight excluding hydrogens is 182 g/mol. The van der Waals surface area contributed by atoms with Gasteiger partial charge in [0, 0.05) is 5.54 Å². The molecule has 80 valence electrons. The molecule has 1 aromatic carbocycles. The van der Waals surface area contributed by atoms with E-state index >= 15 is 0 Å². The highest BCUT2D eigenvalue weighted by molar-refractivity contribution is 5.29. The Balaban J connectivity index is 1.65. The molecule has 2 aliphatic carbocycles. The summed E-state index contributed by atoms with van der Waals surface area (Å²) in [7, 11) is 0. The van der Waals surface area contributed by atoms with Crippen molar-refractivity contribution in [3.05, 3.63) is 35.4 Å². The molecule has 2 N–H and O–H groups in total. The van der Waals surface area contributed by atoms with Crippen molar-refractivity contribution >= 4 is 0 Å². The topological polar surface area (TPSA) is 26.0 Å². The number of nitrogens with two attached hydrogens (primary N) is 1. The van der Waals surface area contributed by atoms with Crippen LogP contribution in [0.15, 0.2) is 24.3 Å². The van der Waals surface area contributed by atoms with Crippen molar-refractivity contribution in [3.8, 4) is 0 Å². The molecular formula is C14H19N. The molecule has 0 atom stereocenters. The summed E-state index contributed by atoms with van der Waals surface area (Å²) in [6, 6.07) is 9.12. The summed E-state index contributed by atoms with van der Waals surface area (Å²) in [6.07, 6.45) is 7.58. The Kier molecular flexibility index (Phi) is 2.10. The lowest BCUT2D eigenvalue weighted by molar-refractivity contribution is 0.609. The molecule has 0 saturated heterocycles. The third kappa shape index (κ3) is 2.23. The molecule has 0 heterocycles. The zero-order valence-electron chi connectivity index (χ0n) is 9.21. The van der Waals surface area contributed by atoms with Crippen LogP contribution in [0.4, 0.5) is 0 Å². The summed E-state index contributed by atoms with van der Waals surface area (Å²) in [5.74, 6) is 0.873. The van der Waals surface area contributed by atoms with Crippen LogP contribution in [0, 0.1) is 0 Å². The van der Waals surface area contributed by atoms with Gasteiger partial charge in [-0.25, -0.2) is 0 Å². The van der Waals surface area contributed by atoms with Crippen molar-refractivity contribution in [1.82, 2.24) is 0 Å². The van der Waals surface area contributed by atoms with Gasteiger partial charge in [0.15, 0.2) is 0 Å². The Labute approximate surface area is 91.7 Å². The van der Waals surface area contributed by atoms with Gasteiger partial charge >= 0.3 is 0 Å². The number of hydrogen-bond acceptors (Lipinski definition) is 1. The van der Waals surface area contributed by atoms with E-state index in [1.807, 2.05) is 0 Å². The number of benzene rings is 1. The second kappa shape index (κ2) is 3.34. The Bertz CT molecular complexity index is 361. The van der Waals surface area contributed by atoms with Crippen molar-refractivity contribution in [2.75, 3.05) is 0 Å². The van der Waals surface area contributed by atoms with Gasteiger partial charge in [-0.15, -0.1) is 0 Å². The molecule has 0 radical (unpaired) electrons. The van der Waals surface area contributed by atoms with Crippen LogP contribution < -0.4 is 5.73 Å². The second-order valence-corrected chi connectivity index (χ2v) is 5.38. The molecule has 0 amide bonds. The molecule has 2 saturated carbocycles. The van der Waals surface area contributed by atoms with Crippen molar-refractivity contribution in [2.45, 2.75) is 50.0 Å². The SMILES string of the molecule is NC1(CCc2cccc(C3CC3)c2)CC1. The molecule has 1 heteroatoms. The van der Waals surface area contributed by atoms with E-state index in [1.165, 1.54) is 37.7 Å². The lowest BCUT2D eigenvalue weighted by Crippen LogP contribution is -2.22. The maximum Gasteiger partial charge on any atom is 0.0158 e. The van der Waals surface area contributed by atoms with Gasteiger partial charge in [0.1, 0.15) is 0 Å². The van der Waals surface area contributed by atoms with Gasteiger partial charge in [-0.3, -0.25) is 0 Å². The van der Waals surface area contributed by atoms with E-state index in [9.17, 15) is 0 Å². The minimum Gasteiger partial charge on any atom is -0.325 e. The van der Waals surface area contributed by atoms with Crippen LogP contribution in [0.2, 0.25) is 0 Å². The van der Waals surface area contributed by atoms with Crippen LogP contribution >= 0.6 is 0 Å². The van der Waals surface area contributed by atoms with E-state index in [-0.39, 0.29) is 5.54 Å². The minimum atomic E-state index is 0.204. The van der Waals surface area contributed by atoms with E-state index in [1.54, 1.807) is 5.56 Å². The molecule has 3 rings (SSSR count). The Hall–Kier alpha value is -0.820. The smallest absolute Gasteiger partial charge is 0.0158 e. The fraction of sp³-hybridized carbons (Fsp3) is 0.571. The standard InChI is InChI=1S/C14H19N/c15-14(8-9-14)7-6-11-2-1-3-13(10-11)12-4-5-12/h1-3,10,12H,4-9,15H2. The van der Waals surface area contributed by atoms with Gasteiger partial charge in [0.25, 0.3) is 0 Å². The first kappa shape index (κ1) is 9.41. The van der Waals surface area contributed by atoms with Gasteiger partial charge in [-0.2, -0.15) is 0 Å². The van der Waals surface area contributed by atoms with Gasteiger partial charge < -0.3 is 5.73 Å². The molecule has 1 aromatic rings. The Morgan fingerprint density at radius 3 is 2.73 bits per heavy atom. The first-order valence-corrected chi connectivity index (χ1v) is 6.13. The van der Waals surface area contributed by atoms with Crippen LogP contribution in [-0.2, 0) is 6.42 Å². The van der Waals surface area contributed by atoms with Crippen molar-refractivity contribution in [3.63, 3.8) is 0 Å². The molecule has 0 aliphatic heterocycles. The predicted molar refractivity (Wildman–Crippen MR) is 62.9 cm³/mol. The second-order valence-electron chi connectivity index (χ2n) is 5.38. The van der Waals surface area contributed by atoms with Crippen LogP contribution in [0.1, 0.15) is 49.1 Å². The van der Waals surface area contributed by atoms with Crippen LogP contribution in [0.5, 0.6) is 0 Å². The monoisotopic (exact) mass is 201 g/mol. The van der Waals surface area contributed by atoms with Crippen molar-refractivity contribution < 1.29 is 0 Å². The maximum absolute atomic E-state index is 6.10. The Morgan fingerprint density at radius 1 is 1.27 bits per heavy atom. The van der Waals surface area contributed by atoms with E-state index in [2.05, 4.69) is 24.3 Å². The zero-order valence-corrected chi connectivity index (χ0v) is 9.21. The zero-order chi connectivity index (χ0) is 10.3. The molecule has 0 spiro atoms. The third-order valence-corrected chi connectivity index (χ3v) is 3.80. The summed E-state index contributed by atoms with van der Waals surface area (Å²) in [4.78, 5) is 0. The van der Waals surface area contributed by atoms with Crippen molar-refractivity contribution in [2.24, 2.45) is 5.73 Å². The number of aryl methyl sites for hydroxylation is 1. The van der Waals surface area contributed by atoms with E-state index in [0.29, 0.717) is 0 Å². The lowest BCUT2D eigenvalue weighted by Gasteiger charge is -2.09. The normalized spacial score (nSPS) is 22.7. The molecule has 0 bridgehead atoms. The number of hydrogen-bond donors (Lipinski definition) is 1. The van der Waals surface area contributed by atoms with E-state index in [4.69, 9.17) is 5.73 Å². The average molecular weight is 201 g/mol. The summed E-state index contributed by atoms with van der Waals surface area (Å²) in [5, 5.41) is 0. The van der Waals surface area contributed by atoms with Crippen LogP contribution in [0.3, 0.4) is 0 Å². The predicted octanol–water partition coefficient (Wildman–Crippen LogP) is 2.99. The largest absolute Gasteiger partial charge is 0.325 e. The van der Waals surface area contributed by atoms with E-state index in [0.717, 1.165) is 12.3 Å². The molecule has 1 nitrogen and oxygen atoms in total. The van der Waals surface area contributed by atoms with Gasteiger partial charge in [0.05, 0.1) is 0 Å². The minimum absolute atomic E-state index is 0.204. The summed E-state index contributed by atoms with van der Waals surface area (Å²) < 4.78 is 0.